The molecule has 0 bridgehead atoms. The minimum absolute atomic E-state index is 0.193. The van der Waals surface area contributed by atoms with Gasteiger partial charge in [0.15, 0.2) is 0 Å². The summed E-state index contributed by atoms with van der Waals surface area (Å²) < 4.78 is 10.2. The van der Waals surface area contributed by atoms with E-state index in [4.69, 9.17) is 14.7 Å². The van der Waals surface area contributed by atoms with Crippen molar-refractivity contribution in [3.63, 3.8) is 0 Å². The molecule has 4 nitrogen and oxygen atoms in total. The maximum absolute atomic E-state index is 10.8. The third-order valence-electron chi connectivity index (χ3n) is 3.00. The molecule has 0 aliphatic carbocycles. The topological polar surface area (TPSA) is 59.3 Å². The smallest absolute Gasteiger partial charge is 0.330 e. The van der Waals surface area contributed by atoms with Crippen molar-refractivity contribution in [2.24, 2.45) is 0 Å². The van der Waals surface area contributed by atoms with Gasteiger partial charge in [0, 0.05) is 18.9 Å². The van der Waals surface area contributed by atoms with Crippen LogP contribution >= 0.6 is 11.8 Å². The van der Waals surface area contributed by atoms with E-state index in [9.17, 15) is 4.79 Å². The highest BCUT2D eigenvalue weighted by Crippen LogP contribution is 2.13. The van der Waals surface area contributed by atoms with Gasteiger partial charge in [-0.2, -0.15) is 5.26 Å². The fourth-order valence-corrected chi connectivity index (χ4v) is 2.38. The van der Waals surface area contributed by atoms with Gasteiger partial charge in [0.25, 0.3) is 0 Å². The molecule has 0 saturated heterocycles. The summed E-state index contributed by atoms with van der Waals surface area (Å²) in [6, 6.07) is 0. The van der Waals surface area contributed by atoms with Gasteiger partial charge >= 0.3 is 5.97 Å². The second-order valence-electron chi connectivity index (χ2n) is 4.54. The van der Waals surface area contributed by atoms with Crippen molar-refractivity contribution >= 4 is 17.7 Å². The molecule has 114 valence electrons. The van der Waals surface area contributed by atoms with Crippen molar-refractivity contribution in [2.45, 2.75) is 51.0 Å². The van der Waals surface area contributed by atoms with Crippen LogP contribution in [0.4, 0.5) is 0 Å². The Kier molecular flexibility index (Phi) is 13.7. The second kappa shape index (κ2) is 14.4. The second-order valence-corrected chi connectivity index (χ2v) is 5.35. The quantitative estimate of drug-likeness (QED) is 0.225. The number of thioether (sulfide) groups is 1. The third-order valence-corrected chi connectivity index (χ3v) is 3.67. The normalized spacial score (nSPS) is 11.6. The Morgan fingerprint density at radius 3 is 2.55 bits per heavy atom. The number of unbranched alkanes of at least 4 members (excludes halogenated alkanes) is 5. The number of nitriles is 1. The highest BCUT2D eigenvalue weighted by molar-refractivity contribution is 8.03. The van der Waals surface area contributed by atoms with Crippen LogP contribution in [0.1, 0.15) is 44.9 Å². The van der Waals surface area contributed by atoms with E-state index in [1.54, 1.807) is 7.11 Å². The first-order chi connectivity index (χ1) is 9.74. The predicted octanol–water partition coefficient (Wildman–Crippen LogP) is 3.68. The Morgan fingerprint density at radius 1 is 1.30 bits per heavy atom. The SMILES string of the molecule is C=CC(=O)OCCCCCCCCC(CSC#N)OC. The maximum atomic E-state index is 10.8. The molecule has 0 N–H and O–H groups in total. The first-order valence-corrected chi connectivity index (χ1v) is 8.06. The molecule has 1 unspecified atom stereocenters. The van der Waals surface area contributed by atoms with E-state index in [1.807, 2.05) is 0 Å². The molecule has 5 heteroatoms. The lowest BCUT2D eigenvalue weighted by Gasteiger charge is -2.12. The van der Waals surface area contributed by atoms with E-state index < -0.39 is 0 Å². The van der Waals surface area contributed by atoms with Crippen molar-refractivity contribution in [3.8, 4) is 5.40 Å². The first-order valence-electron chi connectivity index (χ1n) is 7.07. The molecule has 1 atom stereocenters. The molecule has 0 aliphatic heterocycles. The zero-order valence-corrected chi connectivity index (χ0v) is 13.1. The summed E-state index contributed by atoms with van der Waals surface area (Å²) in [7, 11) is 1.70. The van der Waals surface area contributed by atoms with Crippen LogP contribution < -0.4 is 0 Å². The van der Waals surface area contributed by atoms with Gasteiger partial charge in [0.2, 0.25) is 0 Å². The number of hydrogen-bond donors (Lipinski definition) is 0. The van der Waals surface area contributed by atoms with Crippen LogP contribution in [0.2, 0.25) is 0 Å². The molecule has 20 heavy (non-hydrogen) atoms. The van der Waals surface area contributed by atoms with E-state index in [-0.39, 0.29) is 12.1 Å². The van der Waals surface area contributed by atoms with Gasteiger partial charge in [0.05, 0.1) is 12.7 Å². The van der Waals surface area contributed by atoms with Crippen molar-refractivity contribution in [1.82, 2.24) is 0 Å². The van der Waals surface area contributed by atoms with Crippen LogP contribution in [0.3, 0.4) is 0 Å². The van der Waals surface area contributed by atoms with E-state index in [0.717, 1.165) is 37.9 Å². The molecule has 0 spiro atoms. The Morgan fingerprint density at radius 2 is 1.95 bits per heavy atom. The molecule has 0 amide bonds. The summed E-state index contributed by atoms with van der Waals surface area (Å²) >= 11 is 1.25. The van der Waals surface area contributed by atoms with Crippen LogP contribution in [-0.2, 0) is 14.3 Å². The minimum Gasteiger partial charge on any atom is -0.463 e. The van der Waals surface area contributed by atoms with E-state index in [1.165, 1.54) is 30.7 Å². The summed E-state index contributed by atoms with van der Waals surface area (Å²) in [5, 5.41) is 10.6. The van der Waals surface area contributed by atoms with Gasteiger partial charge in [-0.25, -0.2) is 4.79 Å². The number of methoxy groups -OCH3 is 1. The number of rotatable bonds is 13. The largest absolute Gasteiger partial charge is 0.463 e. The maximum Gasteiger partial charge on any atom is 0.330 e. The first kappa shape index (κ1) is 19.0. The summed E-state index contributed by atoms with van der Waals surface area (Å²) in [5.74, 6) is 0.410. The summed E-state index contributed by atoms with van der Waals surface area (Å²) in [5.41, 5.74) is 0. The molecule has 0 aromatic rings. The molecule has 0 heterocycles. The molecule has 0 saturated carbocycles. The highest BCUT2D eigenvalue weighted by atomic mass is 32.2. The standard InChI is InChI=1S/C15H25NO3S/c1-3-15(17)19-11-9-7-5-4-6-8-10-14(18-2)12-20-13-16/h3,14H,1,4-12H2,2H3. The number of thiocyanates is 1. The average molecular weight is 299 g/mol. The Bertz CT molecular complexity index is 302. The fourth-order valence-electron chi connectivity index (χ4n) is 1.81. The lowest BCUT2D eigenvalue weighted by atomic mass is 10.1. The van der Waals surface area contributed by atoms with Crippen LogP contribution in [0, 0.1) is 10.7 Å². The van der Waals surface area contributed by atoms with Crippen LogP contribution in [0.25, 0.3) is 0 Å². The van der Waals surface area contributed by atoms with Gasteiger partial charge in [-0.05, 0) is 24.6 Å². The van der Waals surface area contributed by atoms with Crippen molar-refractivity contribution < 1.29 is 14.3 Å². The van der Waals surface area contributed by atoms with Gasteiger partial charge in [-0.3, -0.25) is 0 Å². The minimum atomic E-state index is -0.342. The zero-order valence-electron chi connectivity index (χ0n) is 12.3. The van der Waals surface area contributed by atoms with Gasteiger partial charge in [-0.15, -0.1) is 0 Å². The molecule has 0 aliphatic rings. The summed E-state index contributed by atoms with van der Waals surface area (Å²) in [6.45, 7) is 3.83. The molecule has 0 rings (SSSR count). The van der Waals surface area contributed by atoms with Crippen LogP contribution in [-0.4, -0.2) is 31.5 Å². The highest BCUT2D eigenvalue weighted by Gasteiger charge is 2.06. The van der Waals surface area contributed by atoms with Crippen molar-refractivity contribution in [1.29, 1.82) is 5.26 Å². The molecular weight excluding hydrogens is 274 g/mol. The fraction of sp³-hybridized carbons (Fsp3) is 0.733. The predicted molar refractivity (Wildman–Crippen MR) is 82.3 cm³/mol. The lowest BCUT2D eigenvalue weighted by molar-refractivity contribution is -0.137. The Labute approximate surface area is 126 Å². The number of carbonyl (C=O) groups excluding carboxylic acids is 1. The lowest BCUT2D eigenvalue weighted by Crippen LogP contribution is -2.13. The van der Waals surface area contributed by atoms with Gasteiger partial charge < -0.3 is 9.47 Å². The van der Waals surface area contributed by atoms with Gasteiger partial charge in [-0.1, -0.05) is 38.7 Å². The number of hydrogen-bond acceptors (Lipinski definition) is 5. The number of nitrogens with zero attached hydrogens (tertiary/aromatic N) is 1. The van der Waals surface area contributed by atoms with Gasteiger partial charge in [0.1, 0.15) is 5.40 Å². The average Bonchev–Trinajstić information content (AvgIpc) is 2.48. The molecule has 0 fully saturated rings. The molecule has 0 aromatic carbocycles. The molecular formula is C15H25NO3S. The molecule has 0 radical (unpaired) electrons. The summed E-state index contributed by atoms with van der Waals surface area (Å²) in [4.78, 5) is 10.8. The van der Waals surface area contributed by atoms with E-state index in [2.05, 4.69) is 12.0 Å². The Balaban J connectivity index is 3.29. The van der Waals surface area contributed by atoms with Crippen molar-refractivity contribution in [3.05, 3.63) is 12.7 Å². The zero-order chi connectivity index (χ0) is 15.1. The van der Waals surface area contributed by atoms with E-state index >= 15 is 0 Å². The number of ether oxygens (including phenoxy) is 2. The van der Waals surface area contributed by atoms with Crippen LogP contribution in [0.5, 0.6) is 0 Å². The molecule has 0 aromatic heterocycles. The van der Waals surface area contributed by atoms with E-state index in [0.29, 0.717) is 6.61 Å². The number of carbonyl (C=O) groups is 1. The summed E-state index contributed by atoms with van der Waals surface area (Å²) in [6.07, 6.45) is 9.07. The van der Waals surface area contributed by atoms with Crippen molar-refractivity contribution in [2.75, 3.05) is 19.5 Å². The van der Waals surface area contributed by atoms with Crippen LogP contribution in [0.15, 0.2) is 12.7 Å². The monoisotopic (exact) mass is 299 g/mol. The Hall–Kier alpha value is -0.990. The third kappa shape index (κ3) is 12.1. The number of esters is 1.